The zero-order valence-electron chi connectivity index (χ0n) is 7.60. The summed E-state index contributed by atoms with van der Waals surface area (Å²) in [5.74, 6) is 0. The van der Waals surface area contributed by atoms with Gasteiger partial charge in [-0.05, 0) is 19.9 Å². The van der Waals surface area contributed by atoms with Crippen molar-refractivity contribution in [2.75, 3.05) is 0 Å². The summed E-state index contributed by atoms with van der Waals surface area (Å²) in [5, 5.41) is 14.7. The molecule has 2 aromatic heterocycles. The molecule has 0 aromatic carbocycles. The van der Waals surface area contributed by atoms with Gasteiger partial charge in [-0.15, -0.1) is 5.10 Å². The molecular weight excluding hydrogens is 166 g/mol. The molecule has 0 bridgehead atoms. The lowest BCUT2D eigenvalue weighted by atomic mass is 10.3. The molecule has 13 heavy (non-hydrogen) atoms. The van der Waals surface area contributed by atoms with Gasteiger partial charge in [0.05, 0.1) is 11.9 Å². The van der Waals surface area contributed by atoms with Crippen LogP contribution in [-0.2, 0) is 0 Å². The van der Waals surface area contributed by atoms with Gasteiger partial charge in [-0.1, -0.05) is 5.21 Å². The number of nitrogens with zero attached hydrogens (tertiary/aromatic N) is 4. The molecule has 0 amide bonds. The van der Waals surface area contributed by atoms with Gasteiger partial charge in [-0.2, -0.15) is 5.10 Å². The zero-order chi connectivity index (χ0) is 9.26. The lowest BCUT2D eigenvalue weighted by molar-refractivity contribution is 0.514. The average molecular weight is 177 g/mol. The normalized spacial score (nSPS) is 11.0. The van der Waals surface area contributed by atoms with E-state index in [2.05, 4.69) is 34.4 Å². The van der Waals surface area contributed by atoms with Crippen molar-refractivity contribution in [3.8, 4) is 11.4 Å². The van der Waals surface area contributed by atoms with Crippen LogP contribution in [-0.4, -0.2) is 25.2 Å². The Balaban J connectivity index is 2.33. The monoisotopic (exact) mass is 177 g/mol. The third-order valence-corrected chi connectivity index (χ3v) is 1.82. The highest BCUT2D eigenvalue weighted by molar-refractivity contribution is 5.50. The van der Waals surface area contributed by atoms with Crippen molar-refractivity contribution >= 4 is 0 Å². The van der Waals surface area contributed by atoms with Crippen LogP contribution in [0.2, 0.25) is 0 Å². The predicted octanol–water partition coefficient (Wildman–Crippen LogP) is 1.25. The molecule has 0 saturated carbocycles. The van der Waals surface area contributed by atoms with Gasteiger partial charge in [0.15, 0.2) is 0 Å². The Morgan fingerprint density at radius 2 is 2.31 bits per heavy atom. The zero-order valence-corrected chi connectivity index (χ0v) is 7.60. The van der Waals surface area contributed by atoms with Crippen molar-refractivity contribution < 1.29 is 0 Å². The van der Waals surface area contributed by atoms with Crippen LogP contribution in [0.1, 0.15) is 19.9 Å². The van der Waals surface area contributed by atoms with E-state index in [-0.39, 0.29) is 0 Å². The standard InChI is InChI=1S/C8H11N5/c1-6(2)13-5-8(11-12-13)7-3-4-9-10-7/h3-6H,1-2H3,(H,9,10). The van der Waals surface area contributed by atoms with Crippen LogP contribution in [0.15, 0.2) is 18.5 Å². The number of aromatic amines is 1. The first-order chi connectivity index (χ1) is 6.27. The fourth-order valence-electron chi connectivity index (χ4n) is 1.05. The maximum absolute atomic E-state index is 4.02. The molecule has 0 atom stereocenters. The molecule has 5 heteroatoms. The number of nitrogens with one attached hydrogen (secondary N) is 1. The van der Waals surface area contributed by atoms with Crippen molar-refractivity contribution in [2.24, 2.45) is 0 Å². The molecule has 0 spiro atoms. The Labute approximate surface area is 75.8 Å². The molecule has 0 fully saturated rings. The Bertz CT molecular complexity index is 373. The highest BCUT2D eigenvalue weighted by Gasteiger charge is 2.05. The van der Waals surface area contributed by atoms with Crippen LogP contribution >= 0.6 is 0 Å². The Kier molecular flexibility index (Phi) is 1.84. The third kappa shape index (κ3) is 1.44. The van der Waals surface area contributed by atoms with E-state index in [4.69, 9.17) is 0 Å². The molecule has 2 aromatic rings. The van der Waals surface area contributed by atoms with Crippen LogP contribution in [0.25, 0.3) is 11.4 Å². The van der Waals surface area contributed by atoms with E-state index in [1.807, 2.05) is 16.9 Å². The number of aromatic nitrogens is 5. The SMILES string of the molecule is CC(C)n1cc(-c2ccn[nH]2)nn1. The summed E-state index contributed by atoms with van der Waals surface area (Å²) in [6.45, 7) is 4.12. The highest BCUT2D eigenvalue weighted by Crippen LogP contribution is 2.13. The highest BCUT2D eigenvalue weighted by atomic mass is 15.4. The molecule has 2 heterocycles. The topological polar surface area (TPSA) is 59.4 Å². The van der Waals surface area contributed by atoms with E-state index in [9.17, 15) is 0 Å². The van der Waals surface area contributed by atoms with Gasteiger partial charge in [0.25, 0.3) is 0 Å². The number of hydrogen-bond acceptors (Lipinski definition) is 3. The Hall–Kier alpha value is -1.65. The van der Waals surface area contributed by atoms with Gasteiger partial charge in [0, 0.05) is 12.2 Å². The summed E-state index contributed by atoms with van der Waals surface area (Å²) in [6, 6.07) is 2.21. The molecule has 0 aliphatic heterocycles. The second-order valence-electron chi connectivity index (χ2n) is 3.15. The van der Waals surface area contributed by atoms with Crippen LogP contribution < -0.4 is 0 Å². The smallest absolute Gasteiger partial charge is 0.130 e. The molecular formula is C8H11N5. The maximum atomic E-state index is 4.02. The van der Waals surface area contributed by atoms with Crippen LogP contribution in [0.3, 0.4) is 0 Å². The second-order valence-corrected chi connectivity index (χ2v) is 3.15. The molecule has 1 N–H and O–H groups in total. The Morgan fingerprint density at radius 1 is 1.46 bits per heavy atom. The van der Waals surface area contributed by atoms with Crippen molar-refractivity contribution in [3.63, 3.8) is 0 Å². The van der Waals surface area contributed by atoms with Gasteiger partial charge >= 0.3 is 0 Å². The van der Waals surface area contributed by atoms with Gasteiger partial charge in [-0.3, -0.25) is 5.10 Å². The molecule has 0 aliphatic rings. The summed E-state index contributed by atoms with van der Waals surface area (Å²) in [7, 11) is 0. The largest absolute Gasteiger partial charge is 0.276 e. The first-order valence-electron chi connectivity index (χ1n) is 4.19. The Morgan fingerprint density at radius 3 is 2.85 bits per heavy atom. The number of hydrogen-bond donors (Lipinski definition) is 1. The molecule has 0 unspecified atom stereocenters. The van der Waals surface area contributed by atoms with E-state index in [1.165, 1.54) is 0 Å². The van der Waals surface area contributed by atoms with E-state index in [0.717, 1.165) is 11.4 Å². The maximum Gasteiger partial charge on any atom is 0.130 e. The van der Waals surface area contributed by atoms with Crippen LogP contribution in [0.5, 0.6) is 0 Å². The summed E-state index contributed by atoms with van der Waals surface area (Å²) in [4.78, 5) is 0. The van der Waals surface area contributed by atoms with E-state index >= 15 is 0 Å². The molecule has 2 rings (SSSR count). The summed E-state index contributed by atoms with van der Waals surface area (Å²) in [5.41, 5.74) is 1.72. The molecule has 0 aliphatic carbocycles. The van der Waals surface area contributed by atoms with Gasteiger partial charge in [0.1, 0.15) is 5.69 Å². The summed E-state index contributed by atoms with van der Waals surface area (Å²) < 4.78 is 1.82. The number of rotatable bonds is 2. The van der Waals surface area contributed by atoms with E-state index in [1.54, 1.807) is 6.20 Å². The van der Waals surface area contributed by atoms with Gasteiger partial charge < -0.3 is 0 Å². The van der Waals surface area contributed by atoms with E-state index in [0.29, 0.717) is 6.04 Å². The molecule has 68 valence electrons. The van der Waals surface area contributed by atoms with Crippen molar-refractivity contribution in [1.29, 1.82) is 0 Å². The fourth-order valence-corrected chi connectivity index (χ4v) is 1.05. The molecule has 5 nitrogen and oxygen atoms in total. The summed E-state index contributed by atoms with van der Waals surface area (Å²) in [6.07, 6.45) is 3.60. The minimum Gasteiger partial charge on any atom is -0.276 e. The lowest BCUT2D eigenvalue weighted by Gasteiger charge is -2.00. The van der Waals surface area contributed by atoms with E-state index < -0.39 is 0 Å². The van der Waals surface area contributed by atoms with Crippen molar-refractivity contribution in [1.82, 2.24) is 25.2 Å². The molecule has 0 saturated heterocycles. The van der Waals surface area contributed by atoms with Crippen LogP contribution in [0, 0.1) is 0 Å². The second kappa shape index (κ2) is 3.01. The quantitative estimate of drug-likeness (QED) is 0.751. The third-order valence-electron chi connectivity index (χ3n) is 1.82. The van der Waals surface area contributed by atoms with Gasteiger partial charge in [-0.25, -0.2) is 4.68 Å². The first-order valence-corrected chi connectivity index (χ1v) is 4.19. The number of H-pyrrole nitrogens is 1. The lowest BCUT2D eigenvalue weighted by Crippen LogP contribution is -2.00. The van der Waals surface area contributed by atoms with Crippen LogP contribution in [0.4, 0.5) is 0 Å². The van der Waals surface area contributed by atoms with Crippen molar-refractivity contribution in [3.05, 3.63) is 18.5 Å². The predicted molar refractivity (Wildman–Crippen MR) is 48.0 cm³/mol. The summed E-state index contributed by atoms with van der Waals surface area (Å²) >= 11 is 0. The molecule has 0 radical (unpaired) electrons. The average Bonchev–Trinajstić information content (AvgIpc) is 2.75. The minimum atomic E-state index is 0.337. The fraction of sp³-hybridized carbons (Fsp3) is 0.375. The minimum absolute atomic E-state index is 0.337. The van der Waals surface area contributed by atoms with Gasteiger partial charge in [0.2, 0.25) is 0 Å². The first kappa shape index (κ1) is 7.97. The van der Waals surface area contributed by atoms with Crippen molar-refractivity contribution in [2.45, 2.75) is 19.9 Å².